The summed E-state index contributed by atoms with van der Waals surface area (Å²) in [5.41, 5.74) is 16.7. The van der Waals surface area contributed by atoms with E-state index >= 15 is 0 Å². The summed E-state index contributed by atoms with van der Waals surface area (Å²) in [6.07, 6.45) is 1.14. The highest BCUT2D eigenvalue weighted by Gasteiger charge is 2.28. The minimum absolute atomic E-state index is 0.153. The molecule has 0 aliphatic rings. The zero-order valence-corrected chi connectivity index (χ0v) is 27.9. The van der Waals surface area contributed by atoms with Gasteiger partial charge < -0.3 is 32.5 Å². The average molecular weight is 678 g/mol. The molecule has 0 aromatic heterocycles. The second-order valence-corrected chi connectivity index (χ2v) is 12.3. The van der Waals surface area contributed by atoms with Crippen LogP contribution >= 0.6 is 0 Å². The molecule has 0 bridgehead atoms. The number of nitrogens with one attached hydrogen (secondary N) is 3. The molecule has 11 heteroatoms. The third-order valence-electron chi connectivity index (χ3n) is 8.36. The smallest absolute Gasteiger partial charge is 0.306 e. The highest BCUT2D eigenvalue weighted by molar-refractivity contribution is 5.95. The number of aliphatic carboxylic acids is 1. The molecular weight excluding hydrogens is 634 g/mol. The van der Waals surface area contributed by atoms with Gasteiger partial charge in [-0.05, 0) is 59.2 Å². The first kappa shape index (κ1) is 37.0. The van der Waals surface area contributed by atoms with Crippen LogP contribution in [0.3, 0.4) is 0 Å². The van der Waals surface area contributed by atoms with E-state index in [1.807, 2.05) is 84.9 Å². The van der Waals surface area contributed by atoms with Gasteiger partial charge in [-0.3, -0.25) is 24.0 Å². The lowest BCUT2D eigenvalue weighted by atomic mass is 9.99. The van der Waals surface area contributed by atoms with Gasteiger partial charge in [0.15, 0.2) is 0 Å². The molecule has 0 unspecified atom stereocenters. The van der Waals surface area contributed by atoms with Crippen LogP contribution in [0.2, 0.25) is 0 Å². The topological polar surface area (TPSA) is 194 Å². The molecule has 0 fully saturated rings. The van der Waals surface area contributed by atoms with Crippen molar-refractivity contribution in [3.8, 4) is 11.1 Å². The van der Waals surface area contributed by atoms with Crippen LogP contribution in [0.15, 0.2) is 109 Å². The van der Waals surface area contributed by atoms with Crippen molar-refractivity contribution in [2.24, 2.45) is 17.4 Å². The molecule has 0 saturated heterocycles. The third-order valence-corrected chi connectivity index (χ3v) is 8.36. The van der Waals surface area contributed by atoms with Crippen molar-refractivity contribution < 1.29 is 29.1 Å². The lowest BCUT2D eigenvalue weighted by Crippen LogP contribution is -2.57. The van der Waals surface area contributed by atoms with Crippen molar-refractivity contribution >= 4 is 29.6 Å². The molecule has 11 nitrogen and oxygen atoms in total. The van der Waals surface area contributed by atoms with Crippen LogP contribution in [0.25, 0.3) is 11.1 Å². The maximum atomic E-state index is 13.6. The molecule has 4 aromatic carbocycles. The van der Waals surface area contributed by atoms with Crippen molar-refractivity contribution in [2.45, 2.75) is 50.7 Å². The first-order valence-electron chi connectivity index (χ1n) is 16.4. The van der Waals surface area contributed by atoms with Crippen molar-refractivity contribution in [1.29, 1.82) is 0 Å². The fourth-order valence-corrected chi connectivity index (χ4v) is 5.33. The lowest BCUT2D eigenvalue weighted by molar-refractivity contribution is -0.141. The molecule has 0 spiro atoms. The molecule has 8 N–H and O–H groups in total. The lowest BCUT2D eigenvalue weighted by Gasteiger charge is -2.23. The number of carboxylic acids is 1. The first-order valence-corrected chi connectivity index (χ1v) is 16.4. The van der Waals surface area contributed by atoms with Gasteiger partial charge >= 0.3 is 5.97 Å². The zero-order valence-electron chi connectivity index (χ0n) is 27.9. The maximum Gasteiger partial charge on any atom is 0.306 e. The van der Waals surface area contributed by atoms with E-state index in [-0.39, 0.29) is 19.4 Å². The van der Waals surface area contributed by atoms with E-state index in [9.17, 15) is 24.0 Å². The minimum Gasteiger partial charge on any atom is -0.481 e. The molecule has 4 aromatic rings. The summed E-state index contributed by atoms with van der Waals surface area (Å²) in [6, 6.07) is 30.1. The summed E-state index contributed by atoms with van der Waals surface area (Å²) in [4.78, 5) is 63.1. The van der Waals surface area contributed by atoms with Crippen molar-refractivity contribution in [3.63, 3.8) is 0 Å². The highest BCUT2D eigenvalue weighted by atomic mass is 16.4. The Morgan fingerprint density at radius 2 is 1.20 bits per heavy atom. The number of amides is 4. The summed E-state index contributed by atoms with van der Waals surface area (Å²) in [6.45, 7) is 1.39. The molecule has 4 rings (SSSR count). The maximum absolute atomic E-state index is 13.6. The van der Waals surface area contributed by atoms with E-state index in [4.69, 9.17) is 16.6 Å². The SMILES string of the molecule is C[C@@H](Cc1ccc(C(=O)NC[C@H](N)C(=O)N[C@H](CCc2ccccc2)C(=O)N[C@@H](Cc2ccc(-c3ccccc3)cc2)C(N)=O)cc1)C(=O)O. The Labute approximate surface area is 291 Å². The van der Waals surface area contributed by atoms with Crippen molar-refractivity contribution in [2.75, 3.05) is 6.54 Å². The van der Waals surface area contributed by atoms with E-state index in [0.29, 0.717) is 18.4 Å². The fraction of sp³-hybridized carbons (Fsp3) is 0.256. The number of carbonyl (C=O) groups excluding carboxylic acids is 4. The highest BCUT2D eigenvalue weighted by Crippen LogP contribution is 2.20. The third kappa shape index (κ3) is 11.1. The van der Waals surface area contributed by atoms with Gasteiger partial charge in [-0.1, -0.05) is 104 Å². The van der Waals surface area contributed by atoms with E-state index < -0.39 is 53.6 Å². The van der Waals surface area contributed by atoms with Crippen LogP contribution in [0.4, 0.5) is 0 Å². The molecule has 4 atom stereocenters. The number of hydrogen-bond donors (Lipinski definition) is 6. The Morgan fingerprint density at radius 3 is 1.80 bits per heavy atom. The van der Waals surface area contributed by atoms with Gasteiger partial charge in [-0.2, -0.15) is 0 Å². The fourth-order valence-electron chi connectivity index (χ4n) is 5.33. The van der Waals surface area contributed by atoms with Gasteiger partial charge in [0, 0.05) is 18.5 Å². The van der Waals surface area contributed by atoms with Gasteiger partial charge in [0.05, 0.1) is 5.92 Å². The van der Waals surface area contributed by atoms with E-state index in [0.717, 1.165) is 27.8 Å². The molecule has 4 amide bonds. The molecule has 0 heterocycles. The quantitative estimate of drug-likeness (QED) is 0.0989. The summed E-state index contributed by atoms with van der Waals surface area (Å²) in [5, 5.41) is 17.2. The van der Waals surface area contributed by atoms with Gasteiger partial charge in [-0.25, -0.2) is 0 Å². The average Bonchev–Trinajstić information content (AvgIpc) is 3.13. The van der Waals surface area contributed by atoms with Gasteiger partial charge in [-0.15, -0.1) is 0 Å². The molecule has 260 valence electrons. The number of primary amides is 1. The number of carbonyl (C=O) groups is 5. The Kier molecular flexibility index (Phi) is 13.4. The Bertz CT molecular complexity index is 1750. The number of hydrogen-bond acceptors (Lipinski definition) is 6. The Balaban J connectivity index is 1.37. The van der Waals surface area contributed by atoms with Gasteiger partial charge in [0.1, 0.15) is 18.1 Å². The summed E-state index contributed by atoms with van der Waals surface area (Å²) < 4.78 is 0. The van der Waals surface area contributed by atoms with Crippen LogP contribution in [-0.4, -0.2) is 59.4 Å². The van der Waals surface area contributed by atoms with Crippen LogP contribution in [0.1, 0.15) is 40.4 Å². The monoisotopic (exact) mass is 677 g/mol. The molecule has 0 aliphatic carbocycles. The summed E-state index contributed by atoms with van der Waals surface area (Å²) in [7, 11) is 0. The summed E-state index contributed by atoms with van der Waals surface area (Å²) in [5.74, 6) is -3.91. The number of carboxylic acid groups (broad SMARTS) is 1. The normalized spacial score (nSPS) is 13.2. The standard InChI is InChI=1S/C39H43N5O6/c1-25(39(49)50)22-27-14-19-31(20-15-27)36(46)42-24-32(40)37(47)43-33(21-16-26-8-4-2-5-9-26)38(48)44-34(35(41)45)23-28-12-17-30(18-13-28)29-10-6-3-7-11-29/h2-15,17-20,25,32-34H,16,21-24,40H2,1H3,(H2,41,45)(H,42,46)(H,43,47)(H,44,48)(H,49,50)/t25-,32-,33+,34-/m0/s1. The minimum atomic E-state index is -1.18. The number of benzene rings is 4. The van der Waals surface area contributed by atoms with Crippen molar-refractivity contribution in [3.05, 3.63) is 131 Å². The molecule has 50 heavy (non-hydrogen) atoms. The van der Waals surface area contributed by atoms with Crippen LogP contribution in [-0.2, 0) is 38.4 Å². The molecule has 0 saturated carbocycles. The molecular formula is C39H43N5O6. The largest absolute Gasteiger partial charge is 0.481 e. The summed E-state index contributed by atoms with van der Waals surface area (Å²) >= 11 is 0. The van der Waals surface area contributed by atoms with Crippen LogP contribution in [0, 0.1) is 5.92 Å². The zero-order chi connectivity index (χ0) is 36.0. The van der Waals surface area contributed by atoms with E-state index in [2.05, 4.69) is 16.0 Å². The van der Waals surface area contributed by atoms with Gasteiger partial charge in [0.25, 0.3) is 5.91 Å². The Morgan fingerprint density at radius 1 is 0.660 bits per heavy atom. The second-order valence-electron chi connectivity index (χ2n) is 12.3. The predicted molar refractivity (Wildman–Crippen MR) is 191 cm³/mol. The predicted octanol–water partition coefficient (Wildman–Crippen LogP) is 3.00. The molecule has 0 radical (unpaired) electrons. The van der Waals surface area contributed by atoms with E-state index in [1.165, 1.54) is 0 Å². The number of rotatable bonds is 17. The molecule has 0 aliphatic heterocycles. The van der Waals surface area contributed by atoms with E-state index in [1.54, 1.807) is 31.2 Å². The second kappa shape index (κ2) is 18.1. The van der Waals surface area contributed by atoms with Crippen molar-refractivity contribution in [1.82, 2.24) is 16.0 Å². The number of aryl methyl sites for hydroxylation is 1. The van der Waals surface area contributed by atoms with Crippen LogP contribution < -0.4 is 27.4 Å². The van der Waals surface area contributed by atoms with Crippen LogP contribution in [0.5, 0.6) is 0 Å². The Hall–Kier alpha value is -5.81. The van der Waals surface area contributed by atoms with Gasteiger partial charge in [0.2, 0.25) is 17.7 Å². The first-order chi connectivity index (χ1) is 24.0. The number of nitrogens with two attached hydrogens (primary N) is 2.